The van der Waals surface area contributed by atoms with Crippen LogP contribution in [-0.2, 0) is 26.2 Å². The van der Waals surface area contributed by atoms with Gasteiger partial charge in [-0.05, 0) is 140 Å². The number of halogens is 1. The molecule has 1 saturated carbocycles. The van der Waals surface area contributed by atoms with Crippen LogP contribution >= 0.6 is 23.4 Å². The Balaban J connectivity index is 0.693. The summed E-state index contributed by atoms with van der Waals surface area (Å²) in [4.78, 5) is 77.9. The van der Waals surface area contributed by atoms with Gasteiger partial charge in [0, 0.05) is 115 Å². The highest BCUT2D eigenvalue weighted by molar-refractivity contribution is 7.99. The average Bonchev–Trinajstić information content (AvgIpc) is 4.23. The predicted octanol–water partition coefficient (Wildman–Crippen LogP) is 9.94. The number of fused-ring (bicyclic) bond motifs is 2. The number of nitrogens with one attached hydrogen (secondary N) is 5. The third-order valence-corrected chi connectivity index (χ3v) is 19.5. The number of nitro benzene ring substituents is 1. The Morgan fingerprint density at radius 3 is 2.51 bits per heavy atom. The number of pyridine rings is 1. The van der Waals surface area contributed by atoms with Crippen LogP contribution in [0.3, 0.4) is 0 Å². The van der Waals surface area contributed by atoms with Gasteiger partial charge in [0.2, 0.25) is 11.8 Å². The molecule has 19 nitrogen and oxygen atoms in total. The van der Waals surface area contributed by atoms with Crippen LogP contribution in [0.2, 0.25) is 5.02 Å². The maximum atomic E-state index is 14.2. The summed E-state index contributed by atoms with van der Waals surface area (Å²) in [7, 11) is -4.63. The van der Waals surface area contributed by atoms with Crippen LogP contribution in [0.25, 0.3) is 16.6 Å². The fourth-order valence-electron chi connectivity index (χ4n) is 12.1. The predicted molar refractivity (Wildman–Crippen MR) is 320 cm³/mol. The second-order valence-corrected chi connectivity index (χ2v) is 26.3. The van der Waals surface area contributed by atoms with Gasteiger partial charge in [0.15, 0.2) is 0 Å². The molecule has 83 heavy (non-hydrogen) atoms. The monoisotopic (exact) mass is 1180 g/mol. The summed E-state index contributed by atoms with van der Waals surface area (Å²) in [6, 6.07) is 25.7. The van der Waals surface area contributed by atoms with Crippen molar-refractivity contribution in [3.8, 4) is 11.5 Å². The molecule has 3 fully saturated rings. The second-order valence-electron chi connectivity index (χ2n) is 23.0. The largest absolute Gasteiger partial charge is 0.455 e. The molecule has 0 spiro atoms. The number of aromatic amines is 1. The number of amides is 4. The summed E-state index contributed by atoms with van der Waals surface area (Å²) < 4.78 is 36.5. The number of nitrogens with zero attached hydrogens (tertiary/aromatic N) is 5. The van der Waals surface area contributed by atoms with Crippen molar-refractivity contribution in [3.63, 3.8) is 0 Å². The summed E-state index contributed by atoms with van der Waals surface area (Å²) in [5.74, 6) is -0.484. The smallest absolute Gasteiger partial charge is 0.293 e. The number of thioether (sulfide) groups is 1. The van der Waals surface area contributed by atoms with Gasteiger partial charge in [-0.25, -0.2) is 18.1 Å². The first-order valence-electron chi connectivity index (χ1n) is 28.3. The minimum atomic E-state index is -4.63. The Labute approximate surface area is 491 Å². The van der Waals surface area contributed by atoms with E-state index in [0.29, 0.717) is 55.6 Å². The Hall–Kier alpha value is -7.30. The van der Waals surface area contributed by atoms with Crippen molar-refractivity contribution in [3.05, 3.63) is 146 Å². The Kier molecular flexibility index (Phi) is 17.0. The van der Waals surface area contributed by atoms with Crippen molar-refractivity contribution in [1.29, 1.82) is 0 Å². The van der Waals surface area contributed by atoms with Gasteiger partial charge in [-0.15, -0.1) is 11.8 Å². The number of H-pyrrole nitrogens is 1. The van der Waals surface area contributed by atoms with Gasteiger partial charge in [-0.1, -0.05) is 49.2 Å². The molecule has 4 amide bonds. The van der Waals surface area contributed by atoms with E-state index >= 15 is 0 Å². The molecule has 2 aliphatic carbocycles. The van der Waals surface area contributed by atoms with E-state index in [0.717, 1.165) is 109 Å². The first-order valence-corrected chi connectivity index (χ1v) is 31.2. The fraction of sp³-hybridized carbons (Fsp3) is 0.393. The Morgan fingerprint density at radius 2 is 1.73 bits per heavy atom. The summed E-state index contributed by atoms with van der Waals surface area (Å²) in [5, 5.41) is 23.2. The number of allylic oxidation sites excluding steroid dienone is 1. The quantitative estimate of drug-likeness (QED) is 0.0167. The van der Waals surface area contributed by atoms with E-state index in [4.69, 9.17) is 16.3 Å². The van der Waals surface area contributed by atoms with Gasteiger partial charge < -0.3 is 30.2 Å². The number of rotatable bonds is 19. The molecule has 4 aromatic carbocycles. The SMILES string of the molecule is CC1(C)CCC(CN2CCN(c3ccc(C(=O)NS(=O)(=O)c4ccc(NCC5CCC(NCCSc6cccc7c6CN(C6CCC(=O)NC6=O)C7=O)CC5)c([N+](=O)[O-])c4)c(Oc4cnc5[nH]ccc5c4)c3)CC2)=C(c2ccc(Cl)cc2)C1. The number of benzene rings is 4. The molecule has 2 aromatic heterocycles. The molecule has 2 saturated heterocycles. The molecular formula is C61H67ClN10O9S2. The van der Waals surface area contributed by atoms with Crippen molar-refractivity contribution in [2.75, 3.05) is 61.8 Å². The maximum absolute atomic E-state index is 14.2. The molecule has 1 unspecified atom stereocenters. The lowest BCUT2D eigenvalue weighted by atomic mass is 9.72. The van der Waals surface area contributed by atoms with Gasteiger partial charge in [0.05, 0.1) is 21.6 Å². The van der Waals surface area contributed by atoms with Crippen molar-refractivity contribution >= 4 is 90.7 Å². The van der Waals surface area contributed by atoms with Gasteiger partial charge in [-0.3, -0.25) is 39.5 Å². The van der Waals surface area contributed by atoms with Gasteiger partial charge in [0.25, 0.3) is 27.5 Å². The highest BCUT2D eigenvalue weighted by Gasteiger charge is 2.40. The van der Waals surface area contributed by atoms with E-state index in [2.05, 4.69) is 66.4 Å². The lowest BCUT2D eigenvalue weighted by Gasteiger charge is -2.39. The number of anilines is 2. The van der Waals surface area contributed by atoms with Crippen molar-refractivity contribution in [2.45, 2.75) is 100 Å². The summed E-state index contributed by atoms with van der Waals surface area (Å²) in [6.07, 6.45) is 10.5. The van der Waals surface area contributed by atoms with E-state index in [1.807, 2.05) is 30.3 Å². The second kappa shape index (κ2) is 24.5. The number of hydrogen-bond donors (Lipinski definition) is 5. The third-order valence-electron chi connectivity index (χ3n) is 16.8. The first-order chi connectivity index (χ1) is 39.9. The molecule has 5 heterocycles. The fourth-order valence-corrected chi connectivity index (χ4v) is 14.2. The van der Waals surface area contributed by atoms with Crippen LogP contribution in [0.4, 0.5) is 17.1 Å². The van der Waals surface area contributed by atoms with Crippen molar-refractivity contribution in [1.82, 2.24) is 35.1 Å². The number of piperidine rings is 1. The molecule has 0 bridgehead atoms. The molecule has 3 aliphatic heterocycles. The Morgan fingerprint density at radius 1 is 0.940 bits per heavy atom. The number of carbonyl (C=O) groups is 4. The first kappa shape index (κ1) is 57.5. The zero-order valence-electron chi connectivity index (χ0n) is 46.4. The highest BCUT2D eigenvalue weighted by atomic mass is 35.5. The van der Waals surface area contributed by atoms with Crippen LogP contribution in [0.1, 0.15) is 103 Å². The van der Waals surface area contributed by atoms with Crippen LogP contribution < -0.4 is 30.3 Å². The third kappa shape index (κ3) is 13.2. The highest BCUT2D eigenvalue weighted by Crippen LogP contribution is 2.44. The van der Waals surface area contributed by atoms with Gasteiger partial charge >= 0.3 is 0 Å². The number of piperazine rings is 1. The van der Waals surface area contributed by atoms with Gasteiger partial charge in [-0.2, -0.15) is 0 Å². The van der Waals surface area contributed by atoms with Crippen LogP contribution in [0.5, 0.6) is 11.5 Å². The normalized spacial score (nSPS) is 20.3. The van der Waals surface area contributed by atoms with E-state index in [-0.39, 0.29) is 46.6 Å². The number of nitro groups is 1. The van der Waals surface area contributed by atoms with Crippen LogP contribution in [0.15, 0.2) is 119 Å². The number of ether oxygens (including phenoxy) is 1. The van der Waals surface area contributed by atoms with Crippen LogP contribution in [-0.4, -0.2) is 120 Å². The van der Waals surface area contributed by atoms with Gasteiger partial charge in [0.1, 0.15) is 28.9 Å². The molecule has 0 radical (unpaired) electrons. The van der Waals surface area contributed by atoms with E-state index < -0.39 is 43.4 Å². The molecule has 1 atom stereocenters. The van der Waals surface area contributed by atoms with Crippen molar-refractivity contribution < 1.29 is 37.3 Å². The van der Waals surface area contributed by atoms with Crippen molar-refractivity contribution in [2.24, 2.45) is 11.3 Å². The molecule has 434 valence electrons. The zero-order chi connectivity index (χ0) is 58.0. The van der Waals surface area contributed by atoms with E-state index in [1.54, 1.807) is 53.2 Å². The lowest BCUT2D eigenvalue weighted by Crippen LogP contribution is -2.52. The molecule has 22 heteroatoms. The lowest BCUT2D eigenvalue weighted by molar-refractivity contribution is -0.384. The zero-order valence-corrected chi connectivity index (χ0v) is 48.8. The molecule has 5 N–H and O–H groups in total. The summed E-state index contributed by atoms with van der Waals surface area (Å²) in [5.41, 5.74) is 6.89. The van der Waals surface area contributed by atoms with E-state index in [9.17, 15) is 37.7 Å². The van der Waals surface area contributed by atoms with Crippen LogP contribution in [0, 0.1) is 21.4 Å². The number of imide groups is 1. The average molecular weight is 1180 g/mol. The standard InChI is InChI=1S/C61H67ClN10O9S2/c1-61(2)22-20-41(49(33-61)39-8-10-42(62)11-9-39)36-69-25-27-70(28-26-69)44-14-16-48(54(31-44)81-45-30-40-21-23-64-57(40)66-35-45)58(74)68-83(79,80)46-15-17-51(53(32-46)72(77)78)65-34-38-6-12-43(13-7-38)63-24-29-82-55-5-3-4-47-50(55)37-71(60(47)76)52-18-19-56(73)67-59(52)75/h3-5,8-11,14-17,21,23,30-32,35,38,43,52,63,65H,6-7,12-13,18-20,22,24-29,33-34,36-37H2,1-2H3,(H,64,66)(H,68,74)(H,67,73,75). The Bertz CT molecular complexity index is 3630. The number of aromatic nitrogens is 2. The number of sulfonamides is 1. The minimum Gasteiger partial charge on any atom is -0.455 e. The topological polar surface area (TPSA) is 241 Å². The molecule has 5 aliphatic rings. The molecular weight excluding hydrogens is 1120 g/mol. The minimum absolute atomic E-state index is 0.0565. The number of carbonyl (C=O) groups excluding carboxylic acids is 4. The summed E-state index contributed by atoms with van der Waals surface area (Å²) >= 11 is 7.93. The maximum Gasteiger partial charge on any atom is 0.293 e. The number of hydrogen-bond acceptors (Lipinski definition) is 15. The summed E-state index contributed by atoms with van der Waals surface area (Å²) in [6.45, 7) is 10.1. The molecule has 11 rings (SSSR count). The van der Waals surface area contributed by atoms with E-state index in [1.165, 1.54) is 35.0 Å². The molecule has 6 aromatic rings.